The number of benzene rings is 1. The van der Waals surface area contributed by atoms with Crippen molar-refractivity contribution in [3.8, 4) is 5.75 Å². The summed E-state index contributed by atoms with van der Waals surface area (Å²) in [6.07, 6.45) is 4.87. The van der Waals surface area contributed by atoms with E-state index < -0.39 is 0 Å². The van der Waals surface area contributed by atoms with E-state index in [1.165, 1.54) is 11.3 Å². The van der Waals surface area contributed by atoms with Crippen LogP contribution >= 0.6 is 0 Å². The molecule has 1 atom stereocenters. The number of nitrogens with zero attached hydrogens (tertiary/aromatic N) is 2. The second-order valence-corrected chi connectivity index (χ2v) is 5.10. The third-order valence-corrected chi connectivity index (χ3v) is 3.77. The van der Waals surface area contributed by atoms with Crippen LogP contribution in [-0.2, 0) is 19.9 Å². The van der Waals surface area contributed by atoms with Gasteiger partial charge in [-0.3, -0.25) is 4.68 Å². The Morgan fingerprint density at radius 3 is 2.75 bits per heavy atom. The van der Waals surface area contributed by atoms with Gasteiger partial charge in [-0.15, -0.1) is 0 Å². The first-order valence-electron chi connectivity index (χ1n) is 7.03. The minimum Gasteiger partial charge on any atom is -0.496 e. The van der Waals surface area contributed by atoms with Gasteiger partial charge in [0, 0.05) is 18.9 Å². The maximum atomic E-state index is 5.93. The van der Waals surface area contributed by atoms with Crippen LogP contribution < -0.4 is 10.5 Å². The molecular formula is C16H23N3O. The third kappa shape index (κ3) is 3.61. The molecule has 2 aromatic rings. The standard InChI is InChI=1S/C16H23N3O/c1-19-15(9-10-18-19)8-7-13(12-17)11-14-5-3-4-6-16(14)20-2/h3-6,9-10,13H,7-8,11-12,17H2,1-2H3. The fourth-order valence-corrected chi connectivity index (χ4v) is 2.48. The van der Waals surface area contributed by atoms with Crippen molar-refractivity contribution in [3.05, 3.63) is 47.8 Å². The van der Waals surface area contributed by atoms with E-state index in [2.05, 4.69) is 17.2 Å². The number of aromatic nitrogens is 2. The van der Waals surface area contributed by atoms with Crippen LogP contribution in [0.25, 0.3) is 0 Å². The predicted octanol–water partition coefficient (Wildman–Crippen LogP) is 2.18. The molecule has 2 N–H and O–H groups in total. The normalized spacial score (nSPS) is 12.3. The highest BCUT2D eigenvalue weighted by molar-refractivity contribution is 5.33. The zero-order valence-corrected chi connectivity index (χ0v) is 12.2. The highest BCUT2D eigenvalue weighted by atomic mass is 16.5. The number of nitrogens with two attached hydrogens (primary N) is 1. The quantitative estimate of drug-likeness (QED) is 0.841. The summed E-state index contributed by atoms with van der Waals surface area (Å²) in [5.74, 6) is 1.41. The van der Waals surface area contributed by atoms with Crippen molar-refractivity contribution in [2.45, 2.75) is 19.3 Å². The van der Waals surface area contributed by atoms with Gasteiger partial charge in [0.1, 0.15) is 5.75 Å². The Labute approximate surface area is 120 Å². The van der Waals surface area contributed by atoms with E-state index in [4.69, 9.17) is 10.5 Å². The molecule has 0 saturated carbocycles. The fraction of sp³-hybridized carbons (Fsp3) is 0.438. The molecule has 1 aromatic carbocycles. The lowest BCUT2D eigenvalue weighted by atomic mass is 9.93. The molecule has 0 aliphatic carbocycles. The average Bonchev–Trinajstić information content (AvgIpc) is 2.89. The molecule has 4 nitrogen and oxygen atoms in total. The molecule has 0 amide bonds. The van der Waals surface area contributed by atoms with Crippen LogP contribution in [-0.4, -0.2) is 23.4 Å². The monoisotopic (exact) mass is 273 g/mol. The molecule has 20 heavy (non-hydrogen) atoms. The lowest BCUT2D eigenvalue weighted by molar-refractivity contribution is 0.401. The van der Waals surface area contributed by atoms with E-state index in [1.54, 1.807) is 7.11 Å². The summed E-state index contributed by atoms with van der Waals surface area (Å²) in [5, 5.41) is 4.20. The van der Waals surface area contributed by atoms with E-state index in [0.717, 1.165) is 25.0 Å². The van der Waals surface area contributed by atoms with Crippen molar-refractivity contribution in [2.24, 2.45) is 18.7 Å². The maximum absolute atomic E-state index is 5.93. The van der Waals surface area contributed by atoms with Crippen LogP contribution in [0.15, 0.2) is 36.5 Å². The molecule has 0 spiro atoms. The Balaban J connectivity index is 1.97. The zero-order valence-electron chi connectivity index (χ0n) is 12.2. The second-order valence-electron chi connectivity index (χ2n) is 5.10. The van der Waals surface area contributed by atoms with Crippen molar-refractivity contribution in [1.29, 1.82) is 0 Å². The van der Waals surface area contributed by atoms with Crippen LogP contribution in [0, 0.1) is 5.92 Å². The Morgan fingerprint density at radius 2 is 2.10 bits per heavy atom. The van der Waals surface area contributed by atoms with Gasteiger partial charge in [0.15, 0.2) is 0 Å². The number of aryl methyl sites for hydroxylation is 2. The van der Waals surface area contributed by atoms with E-state index in [1.807, 2.05) is 36.1 Å². The Morgan fingerprint density at radius 1 is 1.30 bits per heavy atom. The summed E-state index contributed by atoms with van der Waals surface area (Å²) in [5.41, 5.74) is 8.41. The lowest BCUT2D eigenvalue weighted by Crippen LogP contribution is -2.18. The summed E-state index contributed by atoms with van der Waals surface area (Å²) in [6.45, 7) is 0.690. The largest absolute Gasteiger partial charge is 0.496 e. The van der Waals surface area contributed by atoms with Gasteiger partial charge in [-0.1, -0.05) is 18.2 Å². The molecule has 0 fully saturated rings. The number of rotatable bonds is 7. The Hall–Kier alpha value is -1.81. The summed E-state index contributed by atoms with van der Waals surface area (Å²) < 4.78 is 7.33. The summed E-state index contributed by atoms with van der Waals surface area (Å²) in [6, 6.07) is 10.2. The van der Waals surface area contributed by atoms with Gasteiger partial charge in [-0.25, -0.2) is 0 Å². The predicted molar refractivity (Wildman–Crippen MR) is 80.8 cm³/mol. The molecular weight excluding hydrogens is 250 g/mol. The molecule has 1 unspecified atom stereocenters. The maximum Gasteiger partial charge on any atom is 0.122 e. The topological polar surface area (TPSA) is 53.1 Å². The third-order valence-electron chi connectivity index (χ3n) is 3.77. The van der Waals surface area contributed by atoms with Crippen molar-refractivity contribution >= 4 is 0 Å². The zero-order chi connectivity index (χ0) is 14.4. The van der Waals surface area contributed by atoms with Crippen molar-refractivity contribution in [2.75, 3.05) is 13.7 Å². The van der Waals surface area contributed by atoms with Gasteiger partial charge in [-0.2, -0.15) is 5.10 Å². The second kappa shape index (κ2) is 7.10. The van der Waals surface area contributed by atoms with E-state index in [9.17, 15) is 0 Å². The van der Waals surface area contributed by atoms with Crippen LogP contribution in [0.2, 0.25) is 0 Å². The SMILES string of the molecule is COc1ccccc1CC(CN)CCc1ccnn1C. The lowest BCUT2D eigenvalue weighted by Gasteiger charge is -2.16. The smallest absolute Gasteiger partial charge is 0.122 e. The van der Waals surface area contributed by atoms with Crippen molar-refractivity contribution in [3.63, 3.8) is 0 Å². The highest BCUT2D eigenvalue weighted by Gasteiger charge is 2.12. The average molecular weight is 273 g/mol. The van der Waals surface area contributed by atoms with E-state index in [-0.39, 0.29) is 0 Å². The van der Waals surface area contributed by atoms with Gasteiger partial charge >= 0.3 is 0 Å². The summed E-state index contributed by atoms with van der Waals surface area (Å²) in [7, 11) is 3.69. The number of methoxy groups -OCH3 is 1. The summed E-state index contributed by atoms with van der Waals surface area (Å²) in [4.78, 5) is 0. The van der Waals surface area contributed by atoms with Crippen LogP contribution in [0.3, 0.4) is 0 Å². The van der Waals surface area contributed by atoms with Crippen LogP contribution in [0.4, 0.5) is 0 Å². The van der Waals surface area contributed by atoms with E-state index >= 15 is 0 Å². The van der Waals surface area contributed by atoms with Gasteiger partial charge in [0.05, 0.1) is 7.11 Å². The molecule has 0 saturated heterocycles. The molecule has 1 aromatic heterocycles. The molecule has 0 aliphatic heterocycles. The first kappa shape index (κ1) is 14.6. The van der Waals surface area contributed by atoms with Crippen LogP contribution in [0.1, 0.15) is 17.7 Å². The number of hydrogen-bond donors (Lipinski definition) is 1. The Bertz CT molecular complexity index is 536. The van der Waals surface area contributed by atoms with Crippen molar-refractivity contribution < 1.29 is 4.74 Å². The number of para-hydroxylation sites is 1. The minimum absolute atomic E-state index is 0.459. The Kier molecular flexibility index (Phi) is 5.18. The number of hydrogen-bond acceptors (Lipinski definition) is 3. The van der Waals surface area contributed by atoms with Crippen LogP contribution in [0.5, 0.6) is 5.75 Å². The first-order chi connectivity index (χ1) is 9.74. The van der Waals surface area contributed by atoms with Gasteiger partial charge in [0.25, 0.3) is 0 Å². The van der Waals surface area contributed by atoms with E-state index in [0.29, 0.717) is 12.5 Å². The van der Waals surface area contributed by atoms with Gasteiger partial charge in [0.2, 0.25) is 0 Å². The van der Waals surface area contributed by atoms with Gasteiger partial charge < -0.3 is 10.5 Å². The number of ether oxygens (including phenoxy) is 1. The molecule has 0 bridgehead atoms. The van der Waals surface area contributed by atoms with Crippen molar-refractivity contribution in [1.82, 2.24) is 9.78 Å². The molecule has 1 heterocycles. The molecule has 108 valence electrons. The fourth-order valence-electron chi connectivity index (χ4n) is 2.48. The first-order valence-corrected chi connectivity index (χ1v) is 7.03. The molecule has 4 heteroatoms. The minimum atomic E-state index is 0.459. The summed E-state index contributed by atoms with van der Waals surface area (Å²) >= 11 is 0. The molecule has 0 radical (unpaired) electrons. The molecule has 0 aliphatic rings. The molecule has 2 rings (SSSR count). The van der Waals surface area contributed by atoms with Gasteiger partial charge in [-0.05, 0) is 49.4 Å². The highest BCUT2D eigenvalue weighted by Crippen LogP contribution is 2.22.